The second-order valence-corrected chi connectivity index (χ2v) is 6.31. The molecule has 0 radical (unpaired) electrons. The van der Waals surface area contributed by atoms with Gasteiger partial charge in [-0.15, -0.1) is 0 Å². The number of thiocarbonyl (C=S) groups is 1. The number of hydrogen-bond donors (Lipinski definition) is 1. The first-order valence-corrected chi connectivity index (χ1v) is 9.38. The van der Waals surface area contributed by atoms with Crippen molar-refractivity contribution < 1.29 is 8.78 Å². The Hall–Kier alpha value is -2.69. The van der Waals surface area contributed by atoms with E-state index in [4.69, 9.17) is 5.26 Å². The normalized spacial score (nSPS) is 10.9. The molecule has 4 nitrogen and oxygen atoms in total. The molecule has 1 N–H and O–H groups in total. The maximum Gasteiger partial charge on any atom is 0.249 e. The number of aryl methyl sites for hydroxylation is 1. The topological polar surface area (TPSA) is 53.6 Å². The summed E-state index contributed by atoms with van der Waals surface area (Å²) in [5.74, 6) is 0.159. The van der Waals surface area contributed by atoms with E-state index in [1.54, 1.807) is 25.4 Å². The summed E-state index contributed by atoms with van der Waals surface area (Å²) in [7, 11) is 1.67. The zero-order valence-corrected chi connectivity index (χ0v) is 16.5. The molecule has 2 heterocycles. The lowest BCUT2D eigenvalue weighted by molar-refractivity contribution is -0.0148. The van der Waals surface area contributed by atoms with Crippen LogP contribution in [0.5, 0.6) is 0 Å². The fraction of sp³-hybridized carbons (Fsp3) is 0.286. The van der Waals surface area contributed by atoms with E-state index < -0.39 is 5.92 Å². The van der Waals surface area contributed by atoms with Crippen LogP contribution in [-0.4, -0.2) is 34.9 Å². The van der Waals surface area contributed by atoms with Crippen molar-refractivity contribution in [3.8, 4) is 11.8 Å². The fourth-order valence-electron chi connectivity index (χ4n) is 2.87. The van der Waals surface area contributed by atoms with Crippen molar-refractivity contribution >= 4 is 29.1 Å². The van der Waals surface area contributed by atoms with Crippen molar-refractivity contribution in [2.45, 2.75) is 25.2 Å². The molecule has 3 rings (SSSR count). The second kappa shape index (κ2) is 10.0. The largest absolute Gasteiger partial charge is 0.320 e. The summed E-state index contributed by atoms with van der Waals surface area (Å²) >= 11 is 3.83. The fourth-order valence-corrected chi connectivity index (χ4v) is 2.87. The molecule has 0 fully saturated rings. The summed E-state index contributed by atoms with van der Waals surface area (Å²) in [6.07, 6.45) is 3.51. The highest BCUT2D eigenvalue weighted by atomic mass is 32.1. The van der Waals surface area contributed by atoms with Crippen LogP contribution < -0.4 is 5.32 Å². The quantitative estimate of drug-likeness (QED) is 0.585. The lowest BCUT2D eigenvalue weighted by Crippen LogP contribution is -2.23. The Labute approximate surface area is 168 Å². The molecule has 0 saturated heterocycles. The zero-order valence-electron chi connectivity index (χ0n) is 15.7. The minimum absolute atomic E-state index is 0.158. The third kappa shape index (κ3) is 5.41. The van der Waals surface area contributed by atoms with Crippen molar-refractivity contribution in [3.63, 3.8) is 0 Å². The van der Waals surface area contributed by atoms with Gasteiger partial charge in [0.05, 0.1) is 11.6 Å². The summed E-state index contributed by atoms with van der Waals surface area (Å²) in [6, 6.07) is 13.1. The molecule has 0 aliphatic rings. The minimum Gasteiger partial charge on any atom is -0.320 e. The molecule has 28 heavy (non-hydrogen) atoms. The standard InChI is InChI=1S/C20H20F2N4.CH2S/c1-24-10-9-20(21,22)8-6-16-12-17-7-11-26(19(17)25-14-16)18-4-2-15(13-23)3-5-18;1-2/h2-5,7,11-12,14,24H,6,8-10H2,1H3;1H2. The van der Waals surface area contributed by atoms with Gasteiger partial charge in [0.25, 0.3) is 0 Å². The van der Waals surface area contributed by atoms with Gasteiger partial charge in [-0.2, -0.15) is 5.26 Å². The molecule has 0 amide bonds. The van der Waals surface area contributed by atoms with Crippen LogP contribution in [0.25, 0.3) is 16.7 Å². The average Bonchev–Trinajstić information content (AvgIpc) is 3.16. The van der Waals surface area contributed by atoms with Gasteiger partial charge in [-0.05, 0) is 61.3 Å². The van der Waals surface area contributed by atoms with Crippen LogP contribution in [0.1, 0.15) is 24.0 Å². The van der Waals surface area contributed by atoms with Gasteiger partial charge in [0.2, 0.25) is 5.92 Å². The highest BCUT2D eigenvalue weighted by molar-refractivity contribution is 7.77. The number of rotatable bonds is 7. The molecule has 1 aromatic carbocycles. The number of benzene rings is 1. The number of aromatic nitrogens is 2. The van der Waals surface area contributed by atoms with Crippen molar-refractivity contribution in [1.29, 1.82) is 5.26 Å². The maximum atomic E-state index is 13.8. The van der Waals surface area contributed by atoms with Gasteiger partial charge in [-0.1, -0.05) is 12.2 Å². The molecular formula is C21H22F2N4S. The van der Waals surface area contributed by atoms with Crippen molar-refractivity contribution in [2.75, 3.05) is 13.6 Å². The number of hydrogen-bond acceptors (Lipinski definition) is 4. The average molecular weight is 400 g/mol. The van der Waals surface area contributed by atoms with Crippen molar-refractivity contribution in [1.82, 2.24) is 14.9 Å². The molecule has 0 saturated carbocycles. The van der Waals surface area contributed by atoms with Crippen molar-refractivity contribution in [2.24, 2.45) is 0 Å². The third-order valence-electron chi connectivity index (χ3n) is 4.38. The van der Waals surface area contributed by atoms with Gasteiger partial charge in [-0.25, -0.2) is 13.8 Å². The molecule has 3 aromatic rings. The van der Waals surface area contributed by atoms with Crippen LogP contribution >= 0.6 is 12.2 Å². The van der Waals surface area contributed by atoms with Crippen LogP contribution in [-0.2, 0) is 6.42 Å². The smallest absolute Gasteiger partial charge is 0.249 e. The molecule has 0 bridgehead atoms. The van der Waals surface area contributed by atoms with Crippen molar-refractivity contribution in [3.05, 3.63) is 59.9 Å². The van der Waals surface area contributed by atoms with E-state index >= 15 is 0 Å². The highest BCUT2D eigenvalue weighted by Gasteiger charge is 2.27. The predicted molar refractivity (Wildman–Crippen MR) is 112 cm³/mol. The van der Waals surface area contributed by atoms with E-state index in [-0.39, 0.29) is 12.8 Å². The number of halogens is 2. The van der Waals surface area contributed by atoms with E-state index in [9.17, 15) is 8.78 Å². The van der Waals surface area contributed by atoms with Crippen LogP contribution in [0.2, 0.25) is 0 Å². The van der Waals surface area contributed by atoms with Gasteiger partial charge in [0, 0.05) is 42.9 Å². The summed E-state index contributed by atoms with van der Waals surface area (Å²) < 4.78 is 29.5. The third-order valence-corrected chi connectivity index (χ3v) is 4.38. The van der Waals surface area contributed by atoms with E-state index in [1.807, 2.05) is 35.0 Å². The molecule has 0 aliphatic carbocycles. The van der Waals surface area contributed by atoms with Crippen LogP contribution in [0.3, 0.4) is 0 Å². The van der Waals surface area contributed by atoms with Crippen LogP contribution in [0.15, 0.2) is 48.8 Å². The Balaban J connectivity index is 0.00000136. The molecule has 7 heteroatoms. The number of nitriles is 1. The zero-order chi connectivity index (χ0) is 20.6. The van der Waals surface area contributed by atoms with E-state index in [1.165, 1.54) is 0 Å². The number of fused-ring (bicyclic) bond motifs is 1. The summed E-state index contributed by atoms with van der Waals surface area (Å²) in [5.41, 5.74) is 3.07. The Kier molecular flexibility index (Phi) is 7.73. The molecule has 2 aromatic heterocycles. The van der Waals surface area contributed by atoms with E-state index in [0.717, 1.165) is 22.3 Å². The van der Waals surface area contributed by atoms with Gasteiger partial charge < -0.3 is 9.88 Å². The molecule has 0 spiro atoms. The van der Waals surface area contributed by atoms with Gasteiger partial charge in [0.15, 0.2) is 0 Å². The number of alkyl halides is 2. The number of nitrogens with zero attached hydrogens (tertiary/aromatic N) is 3. The SMILES string of the molecule is C=S.CNCCC(F)(F)CCc1cnc2c(ccn2-c2ccc(C#N)cc2)c1. The Morgan fingerprint density at radius 1 is 1.21 bits per heavy atom. The number of pyridine rings is 1. The first-order chi connectivity index (χ1) is 13.5. The maximum absolute atomic E-state index is 13.8. The Bertz CT molecular complexity index is 945. The lowest BCUT2D eigenvalue weighted by Gasteiger charge is -2.15. The van der Waals surface area contributed by atoms with Gasteiger partial charge in [-0.3, -0.25) is 0 Å². The number of nitrogens with one attached hydrogen (secondary N) is 1. The molecular weight excluding hydrogens is 378 g/mol. The molecule has 0 aliphatic heterocycles. The van der Waals surface area contributed by atoms with E-state index in [2.05, 4.69) is 34.5 Å². The Morgan fingerprint density at radius 2 is 1.93 bits per heavy atom. The first kappa shape index (κ1) is 21.6. The highest BCUT2D eigenvalue weighted by Crippen LogP contribution is 2.26. The lowest BCUT2D eigenvalue weighted by atomic mass is 10.0. The summed E-state index contributed by atoms with van der Waals surface area (Å²) in [4.78, 5) is 4.46. The predicted octanol–water partition coefficient (Wildman–Crippen LogP) is 4.69. The monoisotopic (exact) mass is 400 g/mol. The van der Waals surface area contributed by atoms with Crippen LogP contribution in [0, 0.1) is 11.3 Å². The summed E-state index contributed by atoms with van der Waals surface area (Å²) in [6.45, 7) is 0.303. The van der Waals surface area contributed by atoms with Crippen LogP contribution in [0.4, 0.5) is 8.78 Å². The van der Waals surface area contributed by atoms with Gasteiger partial charge in [0.1, 0.15) is 5.65 Å². The second-order valence-electron chi connectivity index (χ2n) is 6.31. The molecule has 146 valence electrons. The first-order valence-electron chi connectivity index (χ1n) is 8.80. The minimum atomic E-state index is -2.67. The van der Waals surface area contributed by atoms with Gasteiger partial charge >= 0.3 is 0 Å². The van der Waals surface area contributed by atoms with E-state index in [0.29, 0.717) is 18.5 Å². The molecule has 0 atom stereocenters. The molecule has 0 unspecified atom stereocenters. The summed E-state index contributed by atoms with van der Waals surface area (Å²) in [5, 5.41) is 12.6. The Morgan fingerprint density at radius 3 is 2.57 bits per heavy atom.